The van der Waals surface area contributed by atoms with Gasteiger partial charge in [-0.05, 0) is 37.6 Å². The molecule has 0 aliphatic rings. The summed E-state index contributed by atoms with van der Waals surface area (Å²) >= 11 is 0. The lowest BCUT2D eigenvalue weighted by Gasteiger charge is -2.10. The molecule has 0 amide bonds. The van der Waals surface area contributed by atoms with Crippen LogP contribution in [0.5, 0.6) is 5.75 Å². The van der Waals surface area contributed by atoms with Gasteiger partial charge in [0.2, 0.25) is 0 Å². The Morgan fingerprint density at radius 3 is 2.62 bits per heavy atom. The first-order valence-electron chi connectivity index (χ1n) is 6.82. The highest BCUT2D eigenvalue weighted by atomic mass is 16.5. The Kier molecular flexibility index (Phi) is 7.45. The Hall–Kier alpha value is -2.47. The van der Waals surface area contributed by atoms with Gasteiger partial charge >= 0.3 is 5.97 Å². The van der Waals surface area contributed by atoms with Crippen LogP contribution in [-0.2, 0) is 4.79 Å². The second-order valence-corrected chi connectivity index (χ2v) is 4.38. The first-order valence-corrected chi connectivity index (χ1v) is 6.82. The number of benzene rings is 1. The number of rotatable bonds is 7. The molecule has 110 valence electrons. The lowest BCUT2D eigenvalue weighted by atomic mass is 9.96. The van der Waals surface area contributed by atoms with Crippen molar-refractivity contribution >= 4 is 5.97 Å². The summed E-state index contributed by atoms with van der Waals surface area (Å²) in [5.74, 6) is 5.33. The van der Waals surface area contributed by atoms with Crippen molar-refractivity contribution < 1.29 is 14.6 Å². The second-order valence-electron chi connectivity index (χ2n) is 4.38. The van der Waals surface area contributed by atoms with E-state index in [1.54, 1.807) is 6.92 Å². The SMILES string of the molecule is CC#C[C@@H](CC(=O)O)c1ccc(OC/C=C/C=C/C)cc1. The third-order valence-electron chi connectivity index (χ3n) is 2.77. The van der Waals surface area contributed by atoms with Gasteiger partial charge in [0, 0.05) is 0 Å². The molecule has 21 heavy (non-hydrogen) atoms. The number of hydrogen-bond acceptors (Lipinski definition) is 2. The van der Waals surface area contributed by atoms with Crippen LogP contribution in [0.25, 0.3) is 0 Å². The van der Waals surface area contributed by atoms with Gasteiger partial charge in [0.1, 0.15) is 12.4 Å². The van der Waals surface area contributed by atoms with Gasteiger partial charge in [-0.25, -0.2) is 0 Å². The summed E-state index contributed by atoms with van der Waals surface area (Å²) in [7, 11) is 0. The molecule has 0 aromatic heterocycles. The summed E-state index contributed by atoms with van der Waals surface area (Å²) in [4.78, 5) is 10.8. The van der Waals surface area contributed by atoms with Crippen molar-refractivity contribution in [2.24, 2.45) is 0 Å². The standard InChI is InChI=1S/C18H20O3/c1-3-5-6-7-13-21-17-11-9-15(10-12-17)16(8-4-2)14-18(19)20/h3,5-7,9-12,16H,13-14H2,1-2H3,(H,19,20)/b5-3+,7-6+/t16-/m0/s1. The van der Waals surface area contributed by atoms with Crippen molar-refractivity contribution in [2.45, 2.75) is 26.2 Å². The first kappa shape index (κ1) is 16.6. The van der Waals surface area contributed by atoms with E-state index in [0.717, 1.165) is 11.3 Å². The van der Waals surface area contributed by atoms with Crippen molar-refractivity contribution in [3.05, 3.63) is 54.1 Å². The van der Waals surface area contributed by atoms with Crippen LogP contribution in [0.2, 0.25) is 0 Å². The summed E-state index contributed by atoms with van der Waals surface area (Å²) in [6, 6.07) is 7.40. The van der Waals surface area contributed by atoms with Crippen LogP contribution in [0.1, 0.15) is 31.7 Å². The molecule has 1 aromatic rings. The molecule has 1 N–H and O–H groups in total. The van der Waals surface area contributed by atoms with Crippen LogP contribution < -0.4 is 4.74 Å². The highest BCUT2D eigenvalue weighted by molar-refractivity contribution is 5.69. The Morgan fingerprint density at radius 2 is 2.05 bits per heavy atom. The largest absolute Gasteiger partial charge is 0.490 e. The first-order chi connectivity index (χ1) is 10.2. The third-order valence-corrected chi connectivity index (χ3v) is 2.77. The van der Waals surface area contributed by atoms with E-state index in [0.29, 0.717) is 6.61 Å². The lowest BCUT2D eigenvalue weighted by molar-refractivity contribution is -0.137. The predicted octanol–water partition coefficient (Wildman–Crippen LogP) is 3.78. The highest BCUT2D eigenvalue weighted by Gasteiger charge is 2.12. The molecule has 1 atom stereocenters. The Balaban J connectivity index is 2.66. The molecule has 0 saturated carbocycles. The van der Waals surface area contributed by atoms with Crippen molar-refractivity contribution in [1.29, 1.82) is 0 Å². The maximum atomic E-state index is 10.8. The number of hydrogen-bond donors (Lipinski definition) is 1. The van der Waals surface area contributed by atoms with E-state index in [4.69, 9.17) is 9.84 Å². The zero-order chi connectivity index (χ0) is 15.5. The average molecular weight is 284 g/mol. The molecule has 1 aromatic carbocycles. The molecule has 0 heterocycles. The van der Waals surface area contributed by atoms with E-state index in [1.165, 1.54) is 0 Å². The summed E-state index contributed by atoms with van der Waals surface area (Å²) in [5, 5.41) is 8.91. The number of carboxylic acids is 1. The molecule has 0 radical (unpaired) electrons. The van der Waals surface area contributed by atoms with E-state index < -0.39 is 5.97 Å². The zero-order valence-electron chi connectivity index (χ0n) is 12.4. The third kappa shape index (κ3) is 6.49. The van der Waals surface area contributed by atoms with E-state index in [-0.39, 0.29) is 12.3 Å². The maximum Gasteiger partial charge on any atom is 0.304 e. The minimum Gasteiger partial charge on any atom is -0.490 e. The van der Waals surface area contributed by atoms with Gasteiger partial charge in [-0.1, -0.05) is 36.3 Å². The lowest BCUT2D eigenvalue weighted by Crippen LogP contribution is -2.04. The van der Waals surface area contributed by atoms with Crippen LogP contribution in [0, 0.1) is 11.8 Å². The molecule has 0 fully saturated rings. The number of aliphatic carboxylic acids is 1. The van der Waals surface area contributed by atoms with E-state index in [9.17, 15) is 4.79 Å². The molecule has 0 bridgehead atoms. The molecule has 0 spiro atoms. The van der Waals surface area contributed by atoms with Crippen molar-refractivity contribution in [3.8, 4) is 17.6 Å². The molecule has 0 saturated heterocycles. The van der Waals surface area contributed by atoms with Crippen LogP contribution >= 0.6 is 0 Å². The number of carboxylic acid groups (broad SMARTS) is 1. The predicted molar refractivity (Wildman–Crippen MR) is 84.3 cm³/mol. The Bertz CT molecular complexity index is 556. The molecule has 0 unspecified atom stereocenters. The second kappa shape index (κ2) is 9.44. The maximum absolute atomic E-state index is 10.8. The minimum absolute atomic E-state index is 0.00708. The van der Waals surface area contributed by atoms with E-state index in [2.05, 4.69) is 11.8 Å². The summed E-state index contributed by atoms with van der Waals surface area (Å²) in [6.07, 6.45) is 7.74. The molecule has 1 rings (SSSR count). The van der Waals surface area contributed by atoms with Crippen molar-refractivity contribution in [1.82, 2.24) is 0 Å². The van der Waals surface area contributed by atoms with Crippen LogP contribution in [-0.4, -0.2) is 17.7 Å². The van der Waals surface area contributed by atoms with Gasteiger partial charge in [-0.2, -0.15) is 0 Å². The van der Waals surface area contributed by atoms with Crippen LogP contribution in [0.4, 0.5) is 0 Å². The number of allylic oxidation sites excluding steroid dienone is 3. The van der Waals surface area contributed by atoms with Gasteiger partial charge in [0.05, 0.1) is 12.3 Å². The van der Waals surface area contributed by atoms with Gasteiger partial charge in [-0.3, -0.25) is 4.79 Å². The summed E-state index contributed by atoms with van der Waals surface area (Å²) in [5.41, 5.74) is 0.892. The fraction of sp³-hybridized carbons (Fsp3) is 0.278. The van der Waals surface area contributed by atoms with Gasteiger partial charge < -0.3 is 9.84 Å². The Labute approximate surface area is 126 Å². The molecular weight excluding hydrogens is 264 g/mol. The normalized spacial score (nSPS) is 12.1. The van der Waals surface area contributed by atoms with Gasteiger partial charge in [-0.15, -0.1) is 5.92 Å². The molecular formula is C18H20O3. The van der Waals surface area contributed by atoms with E-state index in [1.807, 2.05) is 55.5 Å². The van der Waals surface area contributed by atoms with Gasteiger partial charge in [0.25, 0.3) is 0 Å². The van der Waals surface area contributed by atoms with Crippen LogP contribution in [0.3, 0.4) is 0 Å². The van der Waals surface area contributed by atoms with E-state index >= 15 is 0 Å². The number of ether oxygens (including phenoxy) is 1. The Morgan fingerprint density at radius 1 is 1.33 bits per heavy atom. The average Bonchev–Trinajstić information content (AvgIpc) is 2.47. The van der Waals surface area contributed by atoms with Crippen molar-refractivity contribution in [2.75, 3.05) is 6.61 Å². The van der Waals surface area contributed by atoms with Gasteiger partial charge in [0.15, 0.2) is 0 Å². The molecule has 3 nitrogen and oxygen atoms in total. The monoisotopic (exact) mass is 284 g/mol. The van der Waals surface area contributed by atoms with Crippen molar-refractivity contribution in [3.63, 3.8) is 0 Å². The topological polar surface area (TPSA) is 46.5 Å². The zero-order valence-corrected chi connectivity index (χ0v) is 12.4. The fourth-order valence-corrected chi connectivity index (χ4v) is 1.79. The van der Waals surface area contributed by atoms with Crippen LogP contribution in [0.15, 0.2) is 48.6 Å². The summed E-state index contributed by atoms with van der Waals surface area (Å²) < 4.78 is 5.56. The summed E-state index contributed by atoms with van der Waals surface area (Å²) in [6.45, 7) is 4.16. The molecule has 0 aliphatic heterocycles. The smallest absolute Gasteiger partial charge is 0.304 e. The molecule has 0 aliphatic carbocycles. The fourth-order valence-electron chi connectivity index (χ4n) is 1.79. The molecule has 3 heteroatoms. The number of carbonyl (C=O) groups is 1. The highest BCUT2D eigenvalue weighted by Crippen LogP contribution is 2.22. The minimum atomic E-state index is -0.850. The quantitative estimate of drug-likeness (QED) is 0.612.